The summed E-state index contributed by atoms with van der Waals surface area (Å²) in [6, 6.07) is 6.64. The number of aliphatic carboxylic acids is 1. The van der Waals surface area contributed by atoms with Crippen LogP contribution in [0.2, 0.25) is 5.02 Å². The van der Waals surface area contributed by atoms with Crippen molar-refractivity contribution in [3.63, 3.8) is 0 Å². The van der Waals surface area contributed by atoms with Gasteiger partial charge in [0.15, 0.2) is 0 Å². The maximum atomic E-state index is 11.1. The fourth-order valence-corrected chi connectivity index (χ4v) is 2.04. The highest BCUT2D eigenvalue weighted by atomic mass is 35.5. The molecule has 3 nitrogen and oxygen atoms in total. The summed E-state index contributed by atoms with van der Waals surface area (Å²) in [6.07, 6.45) is 0. The van der Waals surface area contributed by atoms with Gasteiger partial charge in [-0.3, -0.25) is 4.79 Å². The molecule has 1 aromatic carbocycles. The van der Waals surface area contributed by atoms with Crippen LogP contribution in [-0.4, -0.2) is 24.2 Å². The van der Waals surface area contributed by atoms with Crippen LogP contribution in [0.1, 0.15) is 19.4 Å². The Kier molecular flexibility index (Phi) is 3.94. The number of carboxylic acid groups (broad SMARTS) is 1. The van der Waals surface area contributed by atoms with Crippen LogP contribution in [0, 0.1) is 0 Å². The third-order valence-corrected chi connectivity index (χ3v) is 3.06. The van der Waals surface area contributed by atoms with Crippen molar-refractivity contribution in [2.75, 3.05) is 7.05 Å². The minimum atomic E-state index is -0.868. The summed E-state index contributed by atoms with van der Waals surface area (Å²) in [5, 5.41) is 12.6. The molecule has 1 aromatic rings. The average molecular weight is 242 g/mol. The molecule has 88 valence electrons. The quantitative estimate of drug-likeness (QED) is 0.851. The van der Waals surface area contributed by atoms with Crippen molar-refractivity contribution in [3.05, 3.63) is 34.9 Å². The number of likely N-dealkylation sites (N-methyl/N-ethyl adjacent to an activating group) is 1. The molecule has 1 unspecified atom stereocenters. The van der Waals surface area contributed by atoms with Crippen LogP contribution >= 0.6 is 11.6 Å². The second-order valence-corrected chi connectivity index (χ2v) is 4.73. The SMILES string of the molecule is CNC(C(=O)O)C(C)(C)c1cccc(Cl)c1. The standard InChI is InChI=1S/C12H16ClNO2/c1-12(2,10(14-3)11(15)16)8-5-4-6-9(13)7-8/h4-7,10,14H,1-3H3,(H,15,16). The molecule has 0 heterocycles. The number of hydrogen-bond acceptors (Lipinski definition) is 2. The summed E-state index contributed by atoms with van der Waals surface area (Å²) < 4.78 is 0. The molecular weight excluding hydrogens is 226 g/mol. The lowest BCUT2D eigenvalue weighted by Gasteiger charge is -2.31. The number of carbonyl (C=O) groups is 1. The minimum Gasteiger partial charge on any atom is -0.480 e. The van der Waals surface area contributed by atoms with E-state index in [1.165, 1.54) is 0 Å². The molecule has 0 amide bonds. The van der Waals surface area contributed by atoms with Gasteiger partial charge < -0.3 is 10.4 Å². The minimum absolute atomic E-state index is 0.522. The third-order valence-electron chi connectivity index (χ3n) is 2.83. The van der Waals surface area contributed by atoms with Crippen LogP contribution in [-0.2, 0) is 10.2 Å². The molecule has 0 radical (unpaired) electrons. The fourth-order valence-electron chi connectivity index (χ4n) is 1.85. The Morgan fingerprint density at radius 3 is 2.56 bits per heavy atom. The zero-order valence-corrected chi connectivity index (χ0v) is 10.4. The number of rotatable bonds is 4. The zero-order chi connectivity index (χ0) is 12.3. The van der Waals surface area contributed by atoms with E-state index in [0.717, 1.165) is 5.56 Å². The van der Waals surface area contributed by atoms with Crippen LogP contribution in [0.3, 0.4) is 0 Å². The van der Waals surface area contributed by atoms with Gasteiger partial charge in [0.1, 0.15) is 6.04 Å². The predicted octanol–water partition coefficient (Wildman–Crippen LogP) is 2.29. The summed E-state index contributed by atoms with van der Waals surface area (Å²) in [4.78, 5) is 11.1. The second kappa shape index (κ2) is 4.85. The highest BCUT2D eigenvalue weighted by Gasteiger charge is 2.35. The lowest BCUT2D eigenvalue weighted by Crippen LogP contribution is -2.48. The third kappa shape index (κ3) is 2.54. The first-order valence-electron chi connectivity index (χ1n) is 5.05. The van der Waals surface area contributed by atoms with Crippen molar-refractivity contribution >= 4 is 17.6 Å². The van der Waals surface area contributed by atoms with Gasteiger partial charge in [0.05, 0.1) is 0 Å². The molecular formula is C12H16ClNO2. The van der Waals surface area contributed by atoms with Crippen molar-refractivity contribution in [3.8, 4) is 0 Å². The van der Waals surface area contributed by atoms with E-state index >= 15 is 0 Å². The molecule has 4 heteroatoms. The fraction of sp³-hybridized carbons (Fsp3) is 0.417. The first kappa shape index (κ1) is 13.0. The number of hydrogen-bond donors (Lipinski definition) is 2. The lowest BCUT2D eigenvalue weighted by molar-refractivity contribution is -0.141. The first-order chi connectivity index (χ1) is 7.39. The van der Waals surface area contributed by atoms with Gasteiger partial charge in [0.25, 0.3) is 0 Å². The zero-order valence-electron chi connectivity index (χ0n) is 9.62. The number of benzene rings is 1. The smallest absolute Gasteiger partial charge is 0.321 e. The molecule has 0 spiro atoms. The summed E-state index contributed by atoms with van der Waals surface area (Å²) in [7, 11) is 1.64. The molecule has 0 aliphatic heterocycles. The van der Waals surface area contributed by atoms with Crippen molar-refractivity contribution < 1.29 is 9.90 Å². The van der Waals surface area contributed by atoms with Gasteiger partial charge in [-0.25, -0.2) is 0 Å². The van der Waals surface area contributed by atoms with Crippen molar-refractivity contribution in [2.45, 2.75) is 25.3 Å². The van der Waals surface area contributed by atoms with Crippen LogP contribution < -0.4 is 5.32 Å². The van der Waals surface area contributed by atoms with E-state index in [1.807, 2.05) is 26.0 Å². The molecule has 0 fully saturated rings. The molecule has 16 heavy (non-hydrogen) atoms. The first-order valence-corrected chi connectivity index (χ1v) is 5.43. The Labute approximate surface area is 100 Å². The van der Waals surface area contributed by atoms with Gasteiger partial charge >= 0.3 is 5.97 Å². The topological polar surface area (TPSA) is 49.3 Å². The number of nitrogens with one attached hydrogen (secondary N) is 1. The summed E-state index contributed by atoms with van der Waals surface area (Å²) >= 11 is 5.91. The van der Waals surface area contributed by atoms with E-state index in [9.17, 15) is 4.79 Å². The van der Waals surface area contributed by atoms with Gasteiger partial charge in [0, 0.05) is 10.4 Å². The van der Waals surface area contributed by atoms with E-state index in [1.54, 1.807) is 19.2 Å². The molecule has 0 saturated carbocycles. The molecule has 0 aliphatic rings. The number of halogens is 1. The van der Waals surface area contributed by atoms with E-state index in [4.69, 9.17) is 16.7 Å². The molecule has 2 N–H and O–H groups in total. The Balaban J connectivity index is 3.13. The largest absolute Gasteiger partial charge is 0.480 e. The van der Waals surface area contributed by atoms with Crippen LogP contribution in [0.4, 0.5) is 0 Å². The van der Waals surface area contributed by atoms with E-state index < -0.39 is 17.4 Å². The van der Waals surface area contributed by atoms with Gasteiger partial charge in [-0.2, -0.15) is 0 Å². The Bertz CT molecular complexity index is 390. The van der Waals surface area contributed by atoms with Gasteiger partial charge in [-0.15, -0.1) is 0 Å². The Morgan fingerprint density at radius 1 is 1.50 bits per heavy atom. The van der Waals surface area contributed by atoms with Crippen molar-refractivity contribution in [2.24, 2.45) is 0 Å². The summed E-state index contributed by atoms with van der Waals surface area (Å²) in [6.45, 7) is 3.77. The molecule has 1 rings (SSSR count). The summed E-state index contributed by atoms with van der Waals surface area (Å²) in [5.41, 5.74) is 0.382. The van der Waals surface area contributed by atoms with Crippen LogP contribution in [0.15, 0.2) is 24.3 Å². The summed E-state index contributed by atoms with van der Waals surface area (Å²) in [5.74, 6) is -0.868. The maximum absolute atomic E-state index is 11.1. The van der Waals surface area contributed by atoms with Crippen molar-refractivity contribution in [1.82, 2.24) is 5.32 Å². The lowest BCUT2D eigenvalue weighted by atomic mass is 9.78. The van der Waals surface area contributed by atoms with E-state index in [2.05, 4.69) is 5.32 Å². The van der Waals surface area contributed by atoms with Crippen LogP contribution in [0.25, 0.3) is 0 Å². The molecule has 1 atom stereocenters. The van der Waals surface area contributed by atoms with E-state index in [-0.39, 0.29) is 0 Å². The van der Waals surface area contributed by atoms with Gasteiger partial charge in [-0.05, 0) is 24.7 Å². The molecule has 0 aromatic heterocycles. The predicted molar refractivity (Wildman–Crippen MR) is 65.0 cm³/mol. The molecule has 0 bridgehead atoms. The monoisotopic (exact) mass is 241 g/mol. The Morgan fingerprint density at radius 2 is 2.12 bits per heavy atom. The van der Waals surface area contributed by atoms with E-state index in [0.29, 0.717) is 5.02 Å². The highest BCUT2D eigenvalue weighted by molar-refractivity contribution is 6.30. The maximum Gasteiger partial charge on any atom is 0.321 e. The highest BCUT2D eigenvalue weighted by Crippen LogP contribution is 2.29. The number of carboxylic acids is 1. The average Bonchev–Trinajstić information content (AvgIpc) is 2.17. The second-order valence-electron chi connectivity index (χ2n) is 4.29. The molecule has 0 saturated heterocycles. The molecule has 0 aliphatic carbocycles. The van der Waals surface area contributed by atoms with Crippen LogP contribution in [0.5, 0.6) is 0 Å². The van der Waals surface area contributed by atoms with Crippen molar-refractivity contribution in [1.29, 1.82) is 0 Å². The Hall–Kier alpha value is -1.06. The van der Waals surface area contributed by atoms with Gasteiger partial charge in [-0.1, -0.05) is 37.6 Å². The normalized spacial score (nSPS) is 13.5. The van der Waals surface area contributed by atoms with Gasteiger partial charge in [0.2, 0.25) is 0 Å².